The molecule has 2 N–H and O–H groups in total. The summed E-state index contributed by atoms with van der Waals surface area (Å²) in [6.45, 7) is 6.75. The summed E-state index contributed by atoms with van der Waals surface area (Å²) in [6, 6.07) is -0.0840. The highest BCUT2D eigenvalue weighted by Gasteiger charge is 2.18. The van der Waals surface area contributed by atoms with E-state index in [1.54, 1.807) is 20.8 Å². The quantitative estimate of drug-likeness (QED) is 0.747. The van der Waals surface area contributed by atoms with E-state index in [9.17, 15) is 4.79 Å². The molecule has 0 spiro atoms. The zero-order valence-corrected chi connectivity index (χ0v) is 9.12. The number of aromatic hydroxyl groups is 1. The van der Waals surface area contributed by atoms with Gasteiger partial charge in [0.05, 0.1) is 0 Å². The SMILES string of the molecule is Cc1oc(NC(=O)OC(C)(C)C)nc1O. The predicted molar refractivity (Wildman–Crippen MR) is 52.8 cm³/mol. The highest BCUT2D eigenvalue weighted by molar-refractivity contribution is 5.82. The second-order valence-corrected chi connectivity index (χ2v) is 4.03. The molecule has 0 aliphatic carbocycles. The highest BCUT2D eigenvalue weighted by atomic mass is 16.6. The van der Waals surface area contributed by atoms with Crippen molar-refractivity contribution in [2.45, 2.75) is 33.3 Å². The summed E-state index contributed by atoms with van der Waals surface area (Å²) in [5, 5.41) is 11.3. The van der Waals surface area contributed by atoms with Gasteiger partial charge in [-0.05, 0) is 27.7 Å². The average molecular weight is 214 g/mol. The third-order valence-corrected chi connectivity index (χ3v) is 1.38. The third kappa shape index (κ3) is 3.49. The van der Waals surface area contributed by atoms with Crippen LogP contribution >= 0.6 is 0 Å². The van der Waals surface area contributed by atoms with Crippen LogP contribution in [0.25, 0.3) is 0 Å². The van der Waals surface area contributed by atoms with Crippen molar-refractivity contribution < 1.29 is 19.1 Å². The van der Waals surface area contributed by atoms with Gasteiger partial charge in [0.15, 0.2) is 5.76 Å². The Hall–Kier alpha value is -1.72. The highest BCUT2D eigenvalue weighted by Crippen LogP contribution is 2.19. The van der Waals surface area contributed by atoms with E-state index < -0.39 is 11.7 Å². The third-order valence-electron chi connectivity index (χ3n) is 1.38. The standard InChI is InChI=1S/C9H14N2O4/c1-5-6(12)10-7(14-5)11-8(13)15-9(2,3)4/h12H,1-4H3,(H,10,11,13). The number of nitrogens with zero attached hydrogens (tertiary/aromatic N) is 1. The monoisotopic (exact) mass is 214 g/mol. The van der Waals surface area contributed by atoms with Crippen LogP contribution in [0.2, 0.25) is 0 Å². The Kier molecular flexibility index (Phi) is 2.88. The number of aromatic nitrogens is 1. The lowest BCUT2D eigenvalue weighted by Gasteiger charge is -2.18. The first-order chi connectivity index (χ1) is 6.78. The lowest BCUT2D eigenvalue weighted by Crippen LogP contribution is -2.27. The summed E-state index contributed by atoms with van der Waals surface area (Å²) in [7, 11) is 0. The fourth-order valence-electron chi connectivity index (χ4n) is 0.833. The van der Waals surface area contributed by atoms with E-state index in [4.69, 9.17) is 14.3 Å². The molecule has 0 fully saturated rings. The number of ether oxygens (including phenoxy) is 1. The van der Waals surface area contributed by atoms with Gasteiger partial charge in [-0.25, -0.2) is 10.1 Å². The van der Waals surface area contributed by atoms with Crippen molar-refractivity contribution in [2.24, 2.45) is 0 Å². The van der Waals surface area contributed by atoms with Crippen molar-refractivity contribution in [2.75, 3.05) is 5.32 Å². The van der Waals surface area contributed by atoms with Gasteiger partial charge < -0.3 is 14.3 Å². The second-order valence-electron chi connectivity index (χ2n) is 4.03. The average Bonchev–Trinajstić information content (AvgIpc) is 2.26. The van der Waals surface area contributed by atoms with Crippen LogP contribution in [0.5, 0.6) is 5.88 Å². The van der Waals surface area contributed by atoms with Gasteiger partial charge in [-0.2, -0.15) is 4.98 Å². The Morgan fingerprint density at radius 1 is 1.53 bits per heavy atom. The van der Waals surface area contributed by atoms with Crippen molar-refractivity contribution in [1.82, 2.24) is 4.98 Å². The molecule has 0 atom stereocenters. The van der Waals surface area contributed by atoms with Crippen LogP contribution < -0.4 is 5.32 Å². The fraction of sp³-hybridized carbons (Fsp3) is 0.556. The molecule has 0 aliphatic heterocycles. The number of amides is 1. The van der Waals surface area contributed by atoms with Crippen LogP contribution in [0.1, 0.15) is 26.5 Å². The van der Waals surface area contributed by atoms with Crippen molar-refractivity contribution in [3.05, 3.63) is 5.76 Å². The molecule has 0 aromatic carbocycles. The van der Waals surface area contributed by atoms with Gasteiger partial charge in [-0.15, -0.1) is 0 Å². The number of nitrogens with one attached hydrogen (secondary N) is 1. The van der Waals surface area contributed by atoms with Crippen LogP contribution in [-0.4, -0.2) is 21.8 Å². The molecule has 1 rings (SSSR count). The molecule has 0 bridgehead atoms. The smallest absolute Gasteiger partial charge is 0.415 e. The molecule has 6 heteroatoms. The number of carbonyl (C=O) groups excluding carboxylic acids is 1. The van der Waals surface area contributed by atoms with Gasteiger partial charge in [0, 0.05) is 0 Å². The second kappa shape index (κ2) is 3.80. The number of hydrogen-bond acceptors (Lipinski definition) is 5. The lowest BCUT2D eigenvalue weighted by molar-refractivity contribution is 0.0632. The molecule has 0 radical (unpaired) electrons. The van der Waals surface area contributed by atoms with E-state index in [1.165, 1.54) is 6.92 Å². The van der Waals surface area contributed by atoms with Gasteiger partial charge in [0.25, 0.3) is 5.88 Å². The number of anilines is 1. The first kappa shape index (κ1) is 11.4. The Labute approximate surface area is 87.3 Å². The van der Waals surface area contributed by atoms with Gasteiger partial charge >= 0.3 is 12.1 Å². The fourth-order valence-corrected chi connectivity index (χ4v) is 0.833. The minimum Gasteiger partial charge on any atom is -0.491 e. The predicted octanol–water partition coefficient (Wildman–Crippen LogP) is 2.04. The molecule has 0 saturated carbocycles. The summed E-state index contributed by atoms with van der Waals surface area (Å²) in [4.78, 5) is 14.8. The number of rotatable bonds is 1. The number of oxazole rings is 1. The van der Waals surface area contributed by atoms with E-state index in [2.05, 4.69) is 10.3 Å². The van der Waals surface area contributed by atoms with E-state index in [0.29, 0.717) is 0 Å². The molecule has 0 aliphatic rings. The largest absolute Gasteiger partial charge is 0.491 e. The molecule has 15 heavy (non-hydrogen) atoms. The van der Waals surface area contributed by atoms with Crippen molar-refractivity contribution in [3.63, 3.8) is 0 Å². The summed E-state index contributed by atoms with van der Waals surface area (Å²) >= 11 is 0. The maximum Gasteiger partial charge on any atom is 0.415 e. The molecular weight excluding hydrogens is 200 g/mol. The summed E-state index contributed by atoms with van der Waals surface area (Å²) in [5.74, 6) is -0.0119. The first-order valence-electron chi connectivity index (χ1n) is 4.44. The first-order valence-corrected chi connectivity index (χ1v) is 4.44. The summed E-state index contributed by atoms with van der Waals surface area (Å²) in [6.07, 6.45) is -0.677. The zero-order chi connectivity index (χ0) is 11.6. The van der Waals surface area contributed by atoms with Crippen molar-refractivity contribution in [1.29, 1.82) is 0 Å². The Bertz CT molecular complexity index is 345. The van der Waals surface area contributed by atoms with Crippen LogP contribution in [0, 0.1) is 6.92 Å². The number of aryl methyl sites for hydroxylation is 1. The lowest BCUT2D eigenvalue weighted by atomic mass is 10.2. The van der Waals surface area contributed by atoms with Gasteiger partial charge in [-0.1, -0.05) is 0 Å². The molecule has 1 heterocycles. The normalized spacial score (nSPS) is 11.2. The van der Waals surface area contributed by atoms with Gasteiger partial charge in [-0.3, -0.25) is 0 Å². The van der Waals surface area contributed by atoms with E-state index in [1.807, 2.05) is 0 Å². The maximum atomic E-state index is 11.2. The number of carbonyl (C=O) groups is 1. The van der Waals surface area contributed by atoms with E-state index in [-0.39, 0.29) is 17.7 Å². The molecule has 1 aromatic heterocycles. The Morgan fingerprint density at radius 2 is 2.13 bits per heavy atom. The van der Waals surface area contributed by atoms with Crippen LogP contribution in [0.3, 0.4) is 0 Å². The van der Waals surface area contributed by atoms with Crippen molar-refractivity contribution >= 4 is 12.1 Å². The summed E-state index contributed by atoms with van der Waals surface area (Å²) in [5.41, 5.74) is -0.590. The molecule has 1 aromatic rings. The summed E-state index contributed by atoms with van der Waals surface area (Å²) < 4.78 is 9.89. The molecule has 6 nitrogen and oxygen atoms in total. The van der Waals surface area contributed by atoms with Gasteiger partial charge in [0.2, 0.25) is 0 Å². The maximum absolute atomic E-state index is 11.2. The molecule has 0 unspecified atom stereocenters. The molecule has 84 valence electrons. The van der Waals surface area contributed by atoms with E-state index >= 15 is 0 Å². The van der Waals surface area contributed by atoms with E-state index in [0.717, 1.165) is 0 Å². The van der Waals surface area contributed by atoms with Gasteiger partial charge in [0.1, 0.15) is 5.60 Å². The minimum absolute atomic E-state index is 0.0840. The van der Waals surface area contributed by atoms with Crippen LogP contribution in [0.4, 0.5) is 10.8 Å². The Balaban J connectivity index is 2.59. The Morgan fingerprint density at radius 3 is 2.53 bits per heavy atom. The molecule has 1 amide bonds. The molecular formula is C9H14N2O4. The van der Waals surface area contributed by atoms with Crippen LogP contribution in [-0.2, 0) is 4.74 Å². The topological polar surface area (TPSA) is 84.6 Å². The number of hydrogen-bond donors (Lipinski definition) is 2. The molecule has 0 saturated heterocycles. The zero-order valence-electron chi connectivity index (χ0n) is 9.12. The van der Waals surface area contributed by atoms with Crippen LogP contribution in [0.15, 0.2) is 4.42 Å². The minimum atomic E-state index is -0.677. The van der Waals surface area contributed by atoms with Crippen molar-refractivity contribution in [3.8, 4) is 5.88 Å².